The van der Waals surface area contributed by atoms with Crippen molar-refractivity contribution in [3.63, 3.8) is 0 Å². The normalized spacial score (nSPS) is 22.3. The number of likely N-dealkylation sites (tertiary alicyclic amines) is 2. The van der Waals surface area contributed by atoms with Gasteiger partial charge in [0.05, 0.1) is 11.3 Å². The first-order chi connectivity index (χ1) is 12.4. The molecule has 2 aliphatic heterocycles. The third-order valence-electron chi connectivity index (χ3n) is 5.47. The molecule has 2 saturated heterocycles. The zero-order chi connectivity index (χ0) is 18.6. The van der Waals surface area contributed by atoms with E-state index < -0.39 is 10.0 Å². The van der Waals surface area contributed by atoms with E-state index in [0.717, 1.165) is 44.6 Å². The van der Waals surface area contributed by atoms with Gasteiger partial charge in [0.2, 0.25) is 15.9 Å². The highest BCUT2D eigenvalue weighted by Crippen LogP contribution is 2.21. The van der Waals surface area contributed by atoms with Crippen molar-refractivity contribution in [1.82, 2.24) is 9.80 Å². The number of carbonyl (C=O) groups excluding carboxylic acids is 1. The van der Waals surface area contributed by atoms with Crippen LogP contribution in [0.15, 0.2) is 29.2 Å². The van der Waals surface area contributed by atoms with Gasteiger partial charge in [0.25, 0.3) is 0 Å². The number of carbonyl (C=O) groups is 1. The van der Waals surface area contributed by atoms with Crippen LogP contribution in [0, 0.1) is 0 Å². The van der Waals surface area contributed by atoms with Crippen molar-refractivity contribution in [2.45, 2.75) is 55.9 Å². The molecule has 2 aliphatic rings. The Kier molecular flexibility index (Phi) is 6.32. The molecule has 26 heavy (non-hydrogen) atoms. The predicted molar refractivity (Wildman–Crippen MR) is 101 cm³/mol. The summed E-state index contributed by atoms with van der Waals surface area (Å²) in [7, 11) is -3.69. The number of amides is 1. The Labute approximate surface area is 156 Å². The summed E-state index contributed by atoms with van der Waals surface area (Å²) in [5.41, 5.74) is 0.824. The molecule has 144 valence electrons. The summed E-state index contributed by atoms with van der Waals surface area (Å²) in [6.07, 6.45) is 7.47. The van der Waals surface area contributed by atoms with Gasteiger partial charge in [-0.2, -0.15) is 0 Å². The third kappa shape index (κ3) is 5.05. The monoisotopic (exact) mass is 379 g/mol. The van der Waals surface area contributed by atoms with Crippen molar-refractivity contribution in [3.8, 4) is 0 Å². The molecule has 0 aliphatic carbocycles. The number of piperidine rings is 2. The van der Waals surface area contributed by atoms with Gasteiger partial charge in [-0.25, -0.2) is 13.6 Å². The Balaban J connectivity index is 1.62. The zero-order valence-electron chi connectivity index (χ0n) is 15.3. The summed E-state index contributed by atoms with van der Waals surface area (Å²) in [4.78, 5) is 17.5. The molecular formula is C19H29N3O3S. The number of rotatable bonds is 5. The molecule has 0 saturated carbocycles. The fourth-order valence-corrected chi connectivity index (χ4v) is 4.55. The van der Waals surface area contributed by atoms with Gasteiger partial charge in [-0.15, -0.1) is 0 Å². The Bertz CT molecular complexity index is 712. The van der Waals surface area contributed by atoms with E-state index in [9.17, 15) is 13.2 Å². The maximum absolute atomic E-state index is 12.9. The minimum Gasteiger partial charge on any atom is -0.338 e. The summed E-state index contributed by atoms with van der Waals surface area (Å²) >= 11 is 0. The molecule has 0 radical (unpaired) electrons. The lowest BCUT2D eigenvalue weighted by molar-refractivity contribution is -0.134. The number of hydrogen-bond donors (Lipinski definition) is 1. The predicted octanol–water partition coefficient (Wildman–Crippen LogP) is 1.74. The Morgan fingerprint density at radius 3 is 2.31 bits per heavy atom. The van der Waals surface area contributed by atoms with E-state index in [1.54, 1.807) is 12.1 Å². The molecule has 0 unspecified atom stereocenters. The molecule has 0 aromatic heterocycles. The lowest BCUT2D eigenvalue weighted by atomic mass is 9.99. The second kappa shape index (κ2) is 8.50. The number of hydrogen-bond acceptors (Lipinski definition) is 4. The van der Waals surface area contributed by atoms with Gasteiger partial charge in [-0.3, -0.25) is 4.79 Å². The van der Waals surface area contributed by atoms with Crippen molar-refractivity contribution in [2.75, 3.05) is 26.2 Å². The van der Waals surface area contributed by atoms with E-state index in [1.165, 1.54) is 37.8 Å². The minimum absolute atomic E-state index is 0.0784. The lowest BCUT2D eigenvalue weighted by Crippen LogP contribution is -2.50. The van der Waals surface area contributed by atoms with Crippen molar-refractivity contribution in [2.24, 2.45) is 5.14 Å². The molecule has 1 atom stereocenters. The molecule has 1 amide bonds. The fraction of sp³-hybridized carbons (Fsp3) is 0.632. The van der Waals surface area contributed by atoms with Crippen LogP contribution in [-0.4, -0.2) is 56.3 Å². The topological polar surface area (TPSA) is 83.7 Å². The fourth-order valence-electron chi connectivity index (χ4n) is 4.03. The average molecular weight is 380 g/mol. The molecule has 3 rings (SSSR count). The van der Waals surface area contributed by atoms with Crippen LogP contribution in [0.5, 0.6) is 0 Å². The van der Waals surface area contributed by atoms with Crippen LogP contribution < -0.4 is 5.14 Å². The van der Waals surface area contributed by atoms with Crippen LogP contribution in [0.25, 0.3) is 0 Å². The number of nitrogens with zero attached hydrogens (tertiary/aromatic N) is 2. The highest BCUT2D eigenvalue weighted by Gasteiger charge is 2.28. The van der Waals surface area contributed by atoms with E-state index in [4.69, 9.17) is 5.14 Å². The molecule has 1 aromatic rings. The summed E-state index contributed by atoms with van der Waals surface area (Å²) in [5, 5.41) is 5.12. The SMILES string of the molecule is NS(=O)(=O)c1ccc(CC(=O)N2CCCC[C@@H]2CN2CCCCC2)cc1. The van der Waals surface area contributed by atoms with Gasteiger partial charge in [-0.1, -0.05) is 18.6 Å². The van der Waals surface area contributed by atoms with Crippen LogP contribution in [0.1, 0.15) is 44.1 Å². The quantitative estimate of drug-likeness (QED) is 0.845. The largest absolute Gasteiger partial charge is 0.338 e. The first-order valence-electron chi connectivity index (χ1n) is 9.57. The van der Waals surface area contributed by atoms with E-state index in [-0.39, 0.29) is 10.8 Å². The summed E-state index contributed by atoms with van der Waals surface area (Å²) in [6.45, 7) is 4.10. The molecule has 2 fully saturated rings. The van der Waals surface area contributed by atoms with E-state index in [0.29, 0.717) is 12.5 Å². The van der Waals surface area contributed by atoms with Gasteiger partial charge in [0.15, 0.2) is 0 Å². The van der Waals surface area contributed by atoms with Gasteiger partial charge >= 0.3 is 0 Å². The summed E-state index contributed by atoms with van der Waals surface area (Å²) in [6, 6.07) is 6.61. The molecule has 2 N–H and O–H groups in total. The second-order valence-electron chi connectivity index (χ2n) is 7.46. The Hall–Kier alpha value is -1.44. The van der Waals surface area contributed by atoms with Crippen LogP contribution in [-0.2, 0) is 21.2 Å². The molecule has 6 nitrogen and oxygen atoms in total. The molecule has 2 heterocycles. The van der Waals surface area contributed by atoms with E-state index >= 15 is 0 Å². The molecule has 0 spiro atoms. The van der Waals surface area contributed by atoms with Crippen molar-refractivity contribution < 1.29 is 13.2 Å². The van der Waals surface area contributed by atoms with Crippen molar-refractivity contribution >= 4 is 15.9 Å². The molecule has 1 aromatic carbocycles. The average Bonchev–Trinajstić information content (AvgIpc) is 2.63. The van der Waals surface area contributed by atoms with Crippen LogP contribution in [0.2, 0.25) is 0 Å². The second-order valence-corrected chi connectivity index (χ2v) is 9.03. The Morgan fingerprint density at radius 2 is 1.65 bits per heavy atom. The maximum atomic E-state index is 12.9. The molecule has 7 heteroatoms. The first kappa shape index (κ1) is 19.3. The Morgan fingerprint density at radius 1 is 1.00 bits per heavy atom. The lowest BCUT2D eigenvalue weighted by Gasteiger charge is -2.40. The standard InChI is InChI=1S/C19H29N3O3S/c20-26(24,25)18-9-7-16(8-10-18)14-19(23)22-13-5-2-6-17(22)15-21-11-3-1-4-12-21/h7-10,17H,1-6,11-15H2,(H2,20,24,25)/t17-/m1/s1. The summed E-state index contributed by atoms with van der Waals surface area (Å²) < 4.78 is 22.7. The van der Waals surface area contributed by atoms with Crippen molar-refractivity contribution in [3.05, 3.63) is 29.8 Å². The smallest absolute Gasteiger partial charge is 0.238 e. The molecule has 0 bridgehead atoms. The highest BCUT2D eigenvalue weighted by molar-refractivity contribution is 7.89. The summed E-state index contributed by atoms with van der Waals surface area (Å²) in [5.74, 6) is 0.134. The first-order valence-corrected chi connectivity index (χ1v) is 11.1. The van der Waals surface area contributed by atoms with E-state index in [2.05, 4.69) is 4.90 Å². The van der Waals surface area contributed by atoms with Gasteiger partial charge in [0, 0.05) is 19.1 Å². The number of benzene rings is 1. The van der Waals surface area contributed by atoms with Gasteiger partial charge < -0.3 is 9.80 Å². The van der Waals surface area contributed by atoms with Crippen LogP contribution in [0.3, 0.4) is 0 Å². The maximum Gasteiger partial charge on any atom is 0.238 e. The number of sulfonamides is 1. The molecular weight excluding hydrogens is 350 g/mol. The number of primary sulfonamides is 1. The zero-order valence-corrected chi connectivity index (χ0v) is 16.1. The van der Waals surface area contributed by atoms with Gasteiger partial charge in [-0.05, 0) is 62.9 Å². The van der Waals surface area contributed by atoms with Crippen LogP contribution in [0.4, 0.5) is 0 Å². The third-order valence-corrected chi connectivity index (χ3v) is 6.40. The number of nitrogens with two attached hydrogens (primary N) is 1. The van der Waals surface area contributed by atoms with Crippen molar-refractivity contribution in [1.29, 1.82) is 0 Å². The van der Waals surface area contributed by atoms with Gasteiger partial charge in [0.1, 0.15) is 0 Å². The van der Waals surface area contributed by atoms with E-state index in [1.807, 2.05) is 4.90 Å². The minimum atomic E-state index is -3.69. The highest BCUT2D eigenvalue weighted by atomic mass is 32.2. The van der Waals surface area contributed by atoms with Crippen LogP contribution >= 0.6 is 0 Å².